The number of hydrogen-bond donors (Lipinski definition) is 0. The summed E-state index contributed by atoms with van der Waals surface area (Å²) in [6.45, 7) is 4.27. The van der Waals surface area contributed by atoms with Crippen molar-refractivity contribution >= 4 is 24.4 Å². The van der Waals surface area contributed by atoms with Crippen molar-refractivity contribution in [1.82, 2.24) is 0 Å². The Hall–Kier alpha value is 1.19. The van der Waals surface area contributed by atoms with Crippen LogP contribution in [0.5, 0.6) is 0 Å². The Labute approximate surface area is 78.5 Å². The average molecular weight is 255 g/mol. The van der Waals surface area contributed by atoms with E-state index in [2.05, 4.69) is 19.9 Å². The molecule has 0 aromatic carbocycles. The second-order valence-electron chi connectivity index (χ2n) is 1.52. The predicted molar refractivity (Wildman–Crippen MR) is 30.0 cm³/mol. The van der Waals surface area contributed by atoms with Crippen LogP contribution < -0.4 is 24.8 Å². The van der Waals surface area contributed by atoms with E-state index in [-0.39, 0.29) is 24.8 Å². The molecule has 3 heteroatoms. The molecule has 0 amide bonds. The van der Waals surface area contributed by atoms with Gasteiger partial charge >= 0.3 is 54.0 Å². The van der Waals surface area contributed by atoms with Gasteiger partial charge in [0.15, 0.2) is 0 Å². The van der Waals surface area contributed by atoms with Gasteiger partial charge in [0, 0.05) is 0 Å². The molecule has 0 unspecified atom stereocenters. The maximum Gasteiger partial charge on any atom is -1.00 e. The van der Waals surface area contributed by atoms with Gasteiger partial charge in [-0.3, -0.25) is 0 Å². The van der Waals surface area contributed by atoms with Gasteiger partial charge in [0.25, 0.3) is 0 Å². The van der Waals surface area contributed by atoms with Gasteiger partial charge < -0.3 is 24.8 Å². The zero-order valence-corrected chi connectivity index (χ0v) is 9.93. The normalized spacial score (nSPS) is 6.00. The van der Waals surface area contributed by atoms with Crippen LogP contribution in [0.1, 0.15) is 13.8 Å². The van der Waals surface area contributed by atoms with E-state index >= 15 is 0 Å². The van der Waals surface area contributed by atoms with Gasteiger partial charge in [-0.2, -0.15) is 0 Å². The maximum absolute atomic E-state index is 2.27. The minimum atomic E-state index is 0. The second kappa shape index (κ2) is 11.1. The van der Waals surface area contributed by atoms with E-state index < -0.39 is 0 Å². The van der Waals surface area contributed by atoms with Crippen LogP contribution in [0.15, 0.2) is 11.6 Å². The van der Waals surface area contributed by atoms with Gasteiger partial charge in [0.1, 0.15) is 0 Å². The first-order valence-corrected chi connectivity index (χ1v) is 4.44. The summed E-state index contributed by atoms with van der Waals surface area (Å²) in [4.78, 5) is 0. The number of halogens is 2. The molecule has 8 heavy (non-hydrogen) atoms. The van der Waals surface area contributed by atoms with E-state index in [4.69, 9.17) is 0 Å². The van der Waals surface area contributed by atoms with Crippen LogP contribution in [0.2, 0.25) is 4.18 Å². The molecule has 0 bridgehead atoms. The smallest absolute Gasteiger partial charge is 1.00 e. The van der Waals surface area contributed by atoms with E-state index in [0.717, 1.165) is 0 Å². The minimum Gasteiger partial charge on any atom is -1.00 e. The fourth-order valence-electron chi connectivity index (χ4n) is 0.236. The largest absolute Gasteiger partial charge is 1.00 e. The van der Waals surface area contributed by atoms with Crippen LogP contribution >= 0.6 is 0 Å². The molecule has 0 saturated carbocycles. The zero-order valence-electron chi connectivity index (χ0n) is 5.12. The van der Waals surface area contributed by atoms with Gasteiger partial charge in [0.05, 0.1) is 0 Å². The molecule has 46 valence electrons. The first-order chi connectivity index (χ1) is 2.77. The second-order valence-corrected chi connectivity index (χ2v) is 2.86. The van der Waals surface area contributed by atoms with E-state index in [1.807, 2.05) is 0 Å². The molecule has 0 aliphatic heterocycles. The molecule has 0 fully saturated rings. The van der Waals surface area contributed by atoms with Gasteiger partial charge in [-0.1, -0.05) is 0 Å². The van der Waals surface area contributed by atoms with Gasteiger partial charge in [0.2, 0.25) is 0 Å². The Morgan fingerprint density at radius 3 is 1.75 bits per heavy atom. The number of hydrogen-bond acceptors (Lipinski definition) is 0. The molecule has 0 nitrogen and oxygen atoms in total. The number of allylic oxidation sites excluding steroid dienone is 2. The Bertz CT molecular complexity index is 57.4. The summed E-state index contributed by atoms with van der Waals surface area (Å²) in [6.07, 6.45) is 2.27. The Kier molecular flexibility index (Phi) is 22.2. The minimum absolute atomic E-state index is 0. The summed E-state index contributed by atoms with van der Waals surface area (Å²) in [5, 5.41) is 0. The number of rotatable bonds is 1. The van der Waals surface area contributed by atoms with Gasteiger partial charge in [-0.25, -0.2) is 0 Å². The standard InChI is InChI=1S/C5H9.2ClH.In/c1-4-5(2)3;;;/h4H,1H2,2-3H3;2*1H;/q;;;+2/p-2. The van der Waals surface area contributed by atoms with E-state index in [1.54, 1.807) is 0 Å². The molecule has 0 aliphatic rings. The average Bonchev–Trinajstić information content (AvgIpc) is 1.35. The van der Waals surface area contributed by atoms with Crippen LogP contribution in [0.3, 0.4) is 0 Å². The topological polar surface area (TPSA) is 0 Å². The Balaban J connectivity index is -0.000000125. The van der Waals surface area contributed by atoms with Crippen LogP contribution in [0.25, 0.3) is 0 Å². The van der Waals surface area contributed by atoms with E-state index in [1.165, 1.54) is 34.1 Å². The summed E-state index contributed by atoms with van der Waals surface area (Å²) in [5.41, 5.74) is 1.45. The summed E-state index contributed by atoms with van der Waals surface area (Å²) in [6, 6.07) is 0. The SMILES string of the molecule is CC(C)=C[CH2][In+2].[Cl-].[Cl-]. The molecule has 0 heterocycles. The van der Waals surface area contributed by atoms with Gasteiger partial charge in [-0.05, 0) is 0 Å². The molecule has 0 aliphatic carbocycles. The molecule has 0 aromatic rings. The Morgan fingerprint density at radius 2 is 1.75 bits per heavy atom. The van der Waals surface area contributed by atoms with Crippen LogP contribution in [0, 0.1) is 0 Å². The van der Waals surface area contributed by atoms with Crippen molar-refractivity contribution in [2.45, 2.75) is 18.0 Å². The van der Waals surface area contributed by atoms with Crippen molar-refractivity contribution in [3.05, 3.63) is 11.6 Å². The fraction of sp³-hybridized carbons (Fsp3) is 0.600. The maximum atomic E-state index is 2.27. The molecule has 0 aromatic heterocycles. The van der Waals surface area contributed by atoms with E-state index in [9.17, 15) is 0 Å². The fourth-order valence-corrected chi connectivity index (χ4v) is 1.58. The first-order valence-electron chi connectivity index (χ1n) is 2.11. The first kappa shape index (κ1) is 16.1. The third-order valence-corrected chi connectivity index (χ3v) is 1.20. The van der Waals surface area contributed by atoms with Crippen molar-refractivity contribution in [3.63, 3.8) is 0 Å². The summed E-state index contributed by atoms with van der Waals surface area (Å²) in [7, 11) is 0. The molecule has 0 radical (unpaired) electrons. The third-order valence-electron chi connectivity index (χ3n) is 0.526. The Morgan fingerprint density at radius 1 is 1.38 bits per heavy atom. The summed E-state index contributed by atoms with van der Waals surface area (Å²) >= 11 is 1.36. The van der Waals surface area contributed by atoms with Crippen molar-refractivity contribution in [3.8, 4) is 0 Å². The zero-order chi connectivity index (χ0) is 4.99. The molecule has 0 spiro atoms. The van der Waals surface area contributed by atoms with Crippen LogP contribution in [0.4, 0.5) is 0 Å². The molecule has 0 rings (SSSR count). The monoisotopic (exact) mass is 254 g/mol. The van der Waals surface area contributed by atoms with Crippen LogP contribution in [-0.2, 0) is 0 Å². The van der Waals surface area contributed by atoms with Crippen LogP contribution in [-0.4, -0.2) is 24.4 Å². The van der Waals surface area contributed by atoms with Gasteiger partial charge in [-0.15, -0.1) is 0 Å². The summed E-state index contributed by atoms with van der Waals surface area (Å²) < 4.78 is 1.30. The van der Waals surface area contributed by atoms with Crippen molar-refractivity contribution in [1.29, 1.82) is 0 Å². The van der Waals surface area contributed by atoms with E-state index in [0.29, 0.717) is 0 Å². The quantitative estimate of drug-likeness (QED) is 0.415. The molecule has 0 atom stereocenters. The predicted octanol–water partition coefficient (Wildman–Crippen LogP) is -4.45. The molecule has 0 saturated heterocycles. The van der Waals surface area contributed by atoms with Crippen molar-refractivity contribution in [2.24, 2.45) is 0 Å². The molecular formula is C5H9Cl2In. The van der Waals surface area contributed by atoms with Crippen molar-refractivity contribution < 1.29 is 24.8 Å². The molecular weight excluding hydrogens is 246 g/mol. The summed E-state index contributed by atoms with van der Waals surface area (Å²) in [5.74, 6) is 0. The third kappa shape index (κ3) is 15.7. The molecule has 0 N–H and O–H groups in total. The van der Waals surface area contributed by atoms with Crippen molar-refractivity contribution in [2.75, 3.05) is 0 Å².